The van der Waals surface area contributed by atoms with Gasteiger partial charge in [0.05, 0.1) is 22.5 Å². The number of carbonyl (C=O) groups excluding carboxylic acids is 2. The van der Waals surface area contributed by atoms with Crippen molar-refractivity contribution >= 4 is 35.1 Å². The second-order valence-electron chi connectivity index (χ2n) is 10.8. The molecule has 232 valence electrons. The number of ether oxygens (including phenoxy) is 2. The Hall–Kier alpha value is -5.64. The lowest BCUT2D eigenvalue weighted by Crippen LogP contribution is -2.22. The molecule has 0 heterocycles. The van der Waals surface area contributed by atoms with Crippen molar-refractivity contribution in [2.75, 3.05) is 23.8 Å². The molecule has 0 aromatic heterocycles. The molecule has 4 aromatic rings. The SMILES string of the molecule is Cc1ccc(OCC(=O)Nc2ccc(Cc3ccc(NC(=O)COc4ccc(C)cc4C)c(C(=O)O)c3)cc2C(=O)O)c(C)c1. The van der Waals surface area contributed by atoms with Gasteiger partial charge in [0.15, 0.2) is 13.2 Å². The van der Waals surface area contributed by atoms with Crippen LogP contribution in [0.25, 0.3) is 0 Å². The van der Waals surface area contributed by atoms with E-state index < -0.39 is 23.8 Å². The fourth-order valence-corrected chi connectivity index (χ4v) is 4.79. The molecule has 0 spiro atoms. The largest absolute Gasteiger partial charge is 0.483 e. The van der Waals surface area contributed by atoms with Crippen LogP contribution in [0.5, 0.6) is 11.5 Å². The summed E-state index contributed by atoms with van der Waals surface area (Å²) in [5.74, 6) is -2.41. The van der Waals surface area contributed by atoms with Crippen LogP contribution in [0.2, 0.25) is 0 Å². The quantitative estimate of drug-likeness (QED) is 0.154. The van der Waals surface area contributed by atoms with Gasteiger partial charge in [0.25, 0.3) is 11.8 Å². The summed E-state index contributed by atoms with van der Waals surface area (Å²) in [4.78, 5) is 49.1. The Morgan fingerprint density at radius 1 is 0.578 bits per heavy atom. The van der Waals surface area contributed by atoms with Crippen LogP contribution in [-0.2, 0) is 16.0 Å². The lowest BCUT2D eigenvalue weighted by Gasteiger charge is -2.14. The zero-order chi connectivity index (χ0) is 32.7. The van der Waals surface area contributed by atoms with Crippen molar-refractivity contribution < 1.29 is 38.9 Å². The molecule has 45 heavy (non-hydrogen) atoms. The van der Waals surface area contributed by atoms with Crippen LogP contribution < -0.4 is 20.1 Å². The number of nitrogens with one attached hydrogen (secondary N) is 2. The first-order valence-corrected chi connectivity index (χ1v) is 14.1. The molecule has 0 radical (unpaired) electrons. The monoisotopic (exact) mass is 610 g/mol. The highest BCUT2D eigenvalue weighted by Gasteiger charge is 2.17. The smallest absolute Gasteiger partial charge is 0.337 e. The van der Waals surface area contributed by atoms with Crippen molar-refractivity contribution in [1.29, 1.82) is 0 Å². The topological polar surface area (TPSA) is 151 Å². The molecule has 4 N–H and O–H groups in total. The number of benzene rings is 4. The van der Waals surface area contributed by atoms with Gasteiger partial charge in [-0.25, -0.2) is 9.59 Å². The zero-order valence-electron chi connectivity index (χ0n) is 25.4. The molecule has 0 fully saturated rings. The van der Waals surface area contributed by atoms with Crippen molar-refractivity contribution in [3.63, 3.8) is 0 Å². The van der Waals surface area contributed by atoms with E-state index in [2.05, 4.69) is 10.6 Å². The summed E-state index contributed by atoms with van der Waals surface area (Å²) in [5.41, 5.74) is 4.99. The second-order valence-corrected chi connectivity index (χ2v) is 10.8. The van der Waals surface area contributed by atoms with E-state index in [1.165, 1.54) is 24.3 Å². The molecule has 10 nitrogen and oxygen atoms in total. The van der Waals surface area contributed by atoms with E-state index in [4.69, 9.17) is 9.47 Å². The Morgan fingerprint density at radius 2 is 0.978 bits per heavy atom. The molecule has 4 aromatic carbocycles. The van der Waals surface area contributed by atoms with Gasteiger partial charge in [-0.05, 0) is 92.8 Å². The maximum absolute atomic E-state index is 12.5. The number of anilines is 2. The molecule has 0 aliphatic carbocycles. The summed E-state index contributed by atoms with van der Waals surface area (Å²) < 4.78 is 11.2. The van der Waals surface area contributed by atoms with Gasteiger partial charge in [0.2, 0.25) is 0 Å². The number of carboxylic acids is 2. The average Bonchev–Trinajstić information content (AvgIpc) is 2.97. The predicted molar refractivity (Wildman–Crippen MR) is 170 cm³/mol. The van der Waals surface area contributed by atoms with Gasteiger partial charge in [-0.2, -0.15) is 0 Å². The summed E-state index contributed by atoms with van der Waals surface area (Å²) in [6.45, 7) is 7.03. The van der Waals surface area contributed by atoms with E-state index in [9.17, 15) is 29.4 Å². The molecule has 0 saturated carbocycles. The number of hydrogen-bond acceptors (Lipinski definition) is 6. The van der Waals surface area contributed by atoms with Crippen molar-refractivity contribution in [3.05, 3.63) is 117 Å². The van der Waals surface area contributed by atoms with Gasteiger partial charge in [0, 0.05) is 0 Å². The van der Waals surface area contributed by atoms with Crippen LogP contribution >= 0.6 is 0 Å². The summed E-state index contributed by atoms with van der Waals surface area (Å²) >= 11 is 0. The lowest BCUT2D eigenvalue weighted by atomic mass is 9.99. The maximum Gasteiger partial charge on any atom is 0.337 e. The predicted octanol–water partition coefficient (Wildman–Crippen LogP) is 5.94. The Kier molecular flexibility index (Phi) is 10.2. The van der Waals surface area contributed by atoms with Crippen LogP contribution in [0.3, 0.4) is 0 Å². The van der Waals surface area contributed by atoms with Crippen LogP contribution in [0.4, 0.5) is 11.4 Å². The normalized spacial score (nSPS) is 10.6. The number of aryl methyl sites for hydroxylation is 4. The number of carboxylic acid groups (broad SMARTS) is 2. The molecule has 0 aliphatic rings. The van der Waals surface area contributed by atoms with Gasteiger partial charge in [-0.15, -0.1) is 0 Å². The minimum absolute atomic E-state index is 0.104. The first kappa shape index (κ1) is 32.3. The van der Waals surface area contributed by atoms with Crippen molar-refractivity contribution in [3.8, 4) is 11.5 Å². The minimum Gasteiger partial charge on any atom is -0.483 e. The minimum atomic E-state index is -1.24. The molecule has 0 aliphatic heterocycles. The van der Waals surface area contributed by atoms with E-state index >= 15 is 0 Å². The molecule has 0 atom stereocenters. The van der Waals surface area contributed by atoms with E-state index in [0.717, 1.165) is 22.3 Å². The van der Waals surface area contributed by atoms with Crippen molar-refractivity contribution in [1.82, 2.24) is 0 Å². The first-order valence-electron chi connectivity index (χ1n) is 14.1. The average molecular weight is 611 g/mol. The highest BCUT2D eigenvalue weighted by atomic mass is 16.5. The van der Waals surface area contributed by atoms with Crippen LogP contribution in [0.1, 0.15) is 54.1 Å². The highest BCUT2D eigenvalue weighted by Crippen LogP contribution is 2.24. The molecular formula is C35H34N2O8. The first-order chi connectivity index (χ1) is 21.4. The molecular weight excluding hydrogens is 576 g/mol. The third-order valence-corrected chi connectivity index (χ3v) is 6.96. The Balaban J connectivity index is 1.42. The van der Waals surface area contributed by atoms with Gasteiger partial charge in [-0.3, -0.25) is 9.59 Å². The second kappa shape index (κ2) is 14.2. The maximum atomic E-state index is 12.5. The third-order valence-electron chi connectivity index (χ3n) is 6.96. The number of aromatic carboxylic acids is 2. The molecule has 2 amide bonds. The van der Waals surface area contributed by atoms with Gasteiger partial charge < -0.3 is 30.3 Å². The van der Waals surface area contributed by atoms with E-state index in [1.807, 2.05) is 52.0 Å². The number of carbonyl (C=O) groups is 4. The Bertz CT molecular complexity index is 1650. The number of rotatable bonds is 12. The molecule has 0 unspecified atom stereocenters. The van der Waals surface area contributed by atoms with Crippen molar-refractivity contribution in [2.45, 2.75) is 34.1 Å². The lowest BCUT2D eigenvalue weighted by molar-refractivity contribution is -0.118. The fraction of sp³-hybridized carbons (Fsp3) is 0.200. The third kappa shape index (κ3) is 8.70. The number of hydrogen-bond donors (Lipinski definition) is 4. The van der Waals surface area contributed by atoms with Crippen LogP contribution in [0.15, 0.2) is 72.8 Å². The highest BCUT2D eigenvalue weighted by molar-refractivity contribution is 6.02. The number of amides is 2. The molecule has 0 bridgehead atoms. The Labute approximate surface area is 260 Å². The van der Waals surface area contributed by atoms with Crippen molar-refractivity contribution in [2.24, 2.45) is 0 Å². The summed E-state index contributed by atoms with van der Waals surface area (Å²) in [7, 11) is 0. The van der Waals surface area contributed by atoms with Crippen LogP contribution in [0, 0.1) is 27.7 Å². The van der Waals surface area contributed by atoms with Crippen LogP contribution in [-0.4, -0.2) is 47.2 Å². The van der Waals surface area contributed by atoms with E-state index in [-0.39, 0.29) is 42.1 Å². The summed E-state index contributed by atoms with van der Waals surface area (Å²) in [6.07, 6.45) is 0.203. The van der Waals surface area contributed by atoms with E-state index in [1.54, 1.807) is 24.3 Å². The summed E-state index contributed by atoms with van der Waals surface area (Å²) in [5, 5.41) is 24.8. The summed E-state index contributed by atoms with van der Waals surface area (Å²) in [6, 6.07) is 20.2. The van der Waals surface area contributed by atoms with Gasteiger partial charge >= 0.3 is 11.9 Å². The fourth-order valence-electron chi connectivity index (χ4n) is 4.79. The van der Waals surface area contributed by atoms with E-state index in [0.29, 0.717) is 22.6 Å². The molecule has 4 rings (SSSR count). The Morgan fingerprint density at radius 3 is 1.33 bits per heavy atom. The zero-order valence-corrected chi connectivity index (χ0v) is 25.4. The molecule has 0 saturated heterocycles. The van der Waals surface area contributed by atoms with Gasteiger partial charge in [-0.1, -0.05) is 47.5 Å². The standard InChI is InChI=1S/C35H34N2O8/c1-20-5-11-30(22(3)13-20)44-18-32(38)36-28-9-7-24(16-26(28)34(40)41)15-25-8-10-29(27(17-25)35(42)43)37-33(39)19-45-31-12-6-21(2)14-23(31)4/h5-14,16-17H,15,18-19H2,1-4H3,(H,36,38)(H,37,39)(H,40,41)(H,42,43). The van der Waals surface area contributed by atoms with Gasteiger partial charge in [0.1, 0.15) is 11.5 Å². The molecule has 10 heteroatoms.